The van der Waals surface area contributed by atoms with E-state index >= 15 is 0 Å². The quantitative estimate of drug-likeness (QED) is 0.498. The summed E-state index contributed by atoms with van der Waals surface area (Å²) in [5, 5.41) is 7.57. The number of amides is 1. The van der Waals surface area contributed by atoms with Crippen LogP contribution in [-0.4, -0.2) is 22.3 Å². The topological polar surface area (TPSA) is 68.0 Å². The average molecular weight is 375 g/mol. The number of carbonyl (C=O) groups excluding carboxylic acids is 1. The fraction of sp³-hybridized carbons (Fsp3) is 0.0952. The number of thioether (sulfide) groups is 1. The first-order chi connectivity index (χ1) is 13.2. The highest BCUT2D eigenvalue weighted by Crippen LogP contribution is 2.28. The highest BCUT2D eigenvalue weighted by Gasteiger charge is 2.19. The standard InChI is InChI=1S/C21H17N3O2S/c1-13-19-17(20(25)22-15-8-10-16(27-2)11-9-15)12-18(23-21(19)26-24-13)14-6-4-3-5-7-14/h3-12H,1-2H3,(H,22,25). The molecule has 0 radical (unpaired) electrons. The molecule has 1 N–H and O–H groups in total. The van der Waals surface area contributed by atoms with E-state index in [-0.39, 0.29) is 5.91 Å². The Kier molecular flexibility index (Phi) is 4.64. The molecule has 2 heterocycles. The maximum absolute atomic E-state index is 13.0. The Morgan fingerprint density at radius 2 is 1.81 bits per heavy atom. The SMILES string of the molecule is CSc1ccc(NC(=O)c2cc(-c3ccccc3)nc3onc(C)c23)cc1. The van der Waals surface area contributed by atoms with Crippen molar-refractivity contribution in [3.8, 4) is 11.3 Å². The second-order valence-electron chi connectivity index (χ2n) is 6.05. The van der Waals surface area contributed by atoms with Crippen LogP contribution in [0.1, 0.15) is 16.1 Å². The number of pyridine rings is 1. The average Bonchev–Trinajstić information content (AvgIpc) is 3.09. The van der Waals surface area contributed by atoms with Gasteiger partial charge in [0, 0.05) is 16.1 Å². The van der Waals surface area contributed by atoms with E-state index in [1.165, 1.54) is 0 Å². The lowest BCUT2D eigenvalue weighted by Crippen LogP contribution is -2.13. The monoisotopic (exact) mass is 375 g/mol. The van der Waals surface area contributed by atoms with Gasteiger partial charge in [0.15, 0.2) is 0 Å². The van der Waals surface area contributed by atoms with Crippen LogP contribution in [0.4, 0.5) is 5.69 Å². The number of carbonyl (C=O) groups is 1. The molecular formula is C21H17N3O2S. The number of nitrogens with one attached hydrogen (secondary N) is 1. The minimum Gasteiger partial charge on any atom is -0.335 e. The van der Waals surface area contributed by atoms with Gasteiger partial charge in [-0.2, -0.15) is 0 Å². The number of aromatic nitrogens is 2. The molecule has 6 heteroatoms. The third-order valence-corrected chi connectivity index (χ3v) is 5.02. The number of nitrogens with zero attached hydrogens (tertiary/aromatic N) is 2. The molecule has 4 aromatic rings. The molecule has 2 aromatic carbocycles. The van der Waals surface area contributed by atoms with Crippen molar-refractivity contribution in [3.05, 3.63) is 71.9 Å². The predicted octanol–water partition coefficient (Wildman–Crippen LogP) is 5.17. The van der Waals surface area contributed by atoms with Gasteiger partial charge >= 0.3 is 0 Å². The van der Waals surface area contributed by atoms with Gasteiger partial charge in [0.05, 0.1) is 22.3 Å². The van der Waals surface area contributed by atoms with Crippen LogP contribution >= 0.6 is 11.8 Å². The van der Waals surface area contributed by atoms with Gasteiger partial charge in [-0.25, -0.2) is 4.98 Å². The third-order valence-electron chi connectivity index (χ3n) is 4.28. The molecule has 2 aromatic heterocycles. The van der Waals surface area contributed by atoms with Gasteiger partial charge in [0.2, 0.25) is 0 Å². The number of hydrogen-bond donors (Lipinski definition) is 1. The lowest BCUT2D eigenvalue weighted by atomic mass is 10.1. The Hall–Kier alpha value is -3.12. The van der Waals surface area contributed by atoms with Crippen molar-refractivity contribution in [2.75, 3.05) is 11.6 Å². The van der Waals surface area contributed by atoms with Gasteiger partial charge in [0.1, 0.15) is 0 Å². The van der Waals surface area contributed by atoms with Crippen molar-refractivity contribution < 1.29 is 9.32 Å². The van der Waals surface area contributed by atoms with Crippen LogP contribution in [0.5, 0.6) is 0 Å². The highest BCUT2D eigenvalue weighted by atomic mass is 32.2. The molecule has 5 nitrogen and oxygen atoms in total. The second-order valence-corrected chi connectivity index (χ2v) is 6.93. The number of hydrogen-bond acceptors (Lipinski definition) is 5. The van der Waals surface area contributed by atoms with Crippen LogP contribution in [0.25, 0.3) is 22.4 Å². The number of aryl methyl sites for hydroxylation is 1. The molecule has 0 bridgehead atoms. The molecular weight excluding hydrogens is 358 g/mol. The van der Waals surface area contributed by atoms with Crippen LogP contribution in [0, 0.1) is 6.92 Å². The van der Waals surface area contributed by atoms with Gasteiger partial charge in [-0.15, -0.1) is 11.8 Å². The van der Waals surface area contributed by atoms with Crippen LogP contribution in [0.3, 0.4) is 0 Å². The molecule has 0 saturated heterocycles. The highest BCUT2D eigenvalue weighted by molar-refractivity contribution is 7.98. The molecule has 0 aliphatic heterocycles. The first-order valence-electron chi connectivity index (χ1n) is 8.43. The van der Waals surface area contributed by atoms with Crippen LogP contribution in [0.2, 0.25) is 0 Å². The van der Waals surface area contributed by atoms with E-state index < -0.39 is 0 Å². The summed E-state index contributed by atoms with van der Waals surface area (Å²) >= 11 is 1.66. The summed E-state index contributed by atoms with van der Waals surface area (Å²) < 4.78 is 5.34. The van der Waals surface area contributed by atoms with E-state index in [0.717, 1.165) is 16.1 Å². The molecule has 0 unspecified atom stereocenters. The summed E-state index contributed by atoms with van der Waals surface area (Å²) in [6.07, 6.45) is 2.01. The van der Waals surface area contributed by atoms with Crippen LogP contribution < -0.4 is 5.32 Å². The minimum absolute atomic E-state index is 0.220. The molecule has 0 aliphatic carbocycles. The number of fused-ring (bicyclic) bond motifs is 1. The third kappa shape index (κ3) is 3.44. The largest absolute Gasteiger partial charge is 0.335 e. The summed E-state index contributed by atoms with van der Waals surface area (Å²) in [6, 6.07) is 19.2. The molecule has 0 spiro atoms. The Labute approximate surface area is 160 Å². The summed E-state index contributed by atoms with van der Waals surface area (Å²) in [6.45, 7) is 1.81. The van der Waals surface area contributed by atoms with Crippen LogP contribution in [0.15, 0.2) is 70.1 Å². The van der Waals surface area contributed by atoms with Gasteiger partial charge in [-0.3, -0.25) is 4.79 Å². The van der Waals surface area contributed by atoms with Gasteiger partial charge in [-0.1, -0.05) is 35.5 Å². The first-order valence-corrected chi connectivity index (χ1v) is 9.66. The Bertz CT molecular complexity index is 1110. The maximum atomic E-state index is 13.0. The number of rotatable bonds is 4. The Balaban J connectivity index is 1.76. The minimum atomic E-state index is -0.220. The van der Waals surface area contributed by atoms with E-state index in [1.807, 2.05) is 60.9 Å². The normalized spacial score (nSPS) is 10.9. The molecule has 0 fully saturated rings. The molecule has 27 heavy (non-hydrogen) atoms. The van der Waals surface area contributed by atoms with Gasteiger partial charge in [-0.05, 0) is 43.5 Å². The van der Waals surface area contributed by atoms with Crippen molar-refractivity contribution >= 4 is 34.5 Å². The number of benzene rings is 2. The molecule has 0 aliphatic rings. The van der Waals surface area contributed by atoms with E-state index in [2.05, 4.69) is 15.5 Å². The zero-order chi connectivity index (χ0) is 18.8. The summed E-state index contributed by atoms with van der Waals surface area (Å²) in [5.41, 5.74) is 3.80. The Morgan fingerprint density at radius 3 is 2.52 bits per heavy atom. The van der Waals surface area contributed by atoms with E-state index in [9.17, 15) is 4.79 Å². The fourth-order valence-corrected chi connectivity index (χ4v) is 3.31. The second kappa shape index (κ2) is 7.25. The summed E-state index contributed by atoms with van der Waals surface area (Å²) in [7, 11) is 0. The summed E-state index contributed by atoms with van der Waals surface area (Å²) in [5.74, 6) is -0.220. The van der Waals surface area contributed by atoms with Crippen molar-refractivity contribution in [1.29, 1.82) is 0 Å². The van der Waals surface area contributed by atoms with Crippen molar-refractivity contribution in [2.45, 2.75) is 11.8 Å². The number of anilines is 1. The molecule has 0 saturated carbocycles. The van der Waals surface area contributed by atoms with Gasteiger partial charge in [0.25, 0.3) is 11.6 Å². The van der Waals surface area contributed by atoms with Gasteiger partial charge < -0.3 is 9.84 Å². The Morgan fingerprint density at radius 1 is 1.07 bits per heavy atom. The summed E-state index contributed by atoms with van der Waals surface area (Å²) in [4.78, 5) is 18.7. The molecule has 1 amide bonds. The molecule has 134 valence electrons. The maximum Gasteiger partial charge on any atom is 0.259 e. The zero-order valence-electron chi connectivity index (χ0n) is 14.9. The van der Waals surface area contributed by atoms with Crippen molar-refractivity contribution in [2.24, 2.45) is 0 Å². The smallest absolute Gasteiger partial charge is 0.259 e. The van der Waals surface area contributed by atoms with Crippen molar-refractivity contribution in [3.63, 3.8) is 0 Å². The van der Waals surface area contributed by atoms with Crippen molar-refractivity contribution in [1.82, 2.24) is 10.1 Å². The van der Waals surface area contributed by atoms with E-state index in [4.69, 9.17) is 4.52 Å². The zero-order valence-corrected chi connectivity index (χ0v) is 15.7. The lowest BCUT2D eigenvalue weighted by Gasteiger charge is -2.09. The van der Waals surface area contributed by atoms with Crippen LogP contribution in [-0.2, 0) is 0 Å². The molecule has 4 rings (SSSR count). The molecule has 0 atom stereocenters. The first kappa shape index (κ1) is 17.3. The predicted molar refractivity (Wildman–Crippen MR) is 108 cm³/mol. The fourth-order valence-electron chi connectivity index (χ4n) is 2.90. The van der Waals surface area contributed by atoms with E-state index in [0.29, 0.717) is 28.1 Å². The lowest BCUT2D eigenvalue weighted by molar-refractivity contribution is 0.102. The van der Waals surface area contributed by atoms with E-state index in [1.54, 1.807) is 24.8 Å².